The van der Waals surface area contributed by atoms with Crippen LogP contribution in [0.2, 0.25) is 0 Å². The standard InChI is InChI=1S/C24H34N4OS/c1-19-6-3-4-7-22(19)16-26-10-5-11-28(15-14-26)24(29)21-8-12-27(13-9-21)17-23-18-30-20(2)25-23/h3-4,6-7,18,21H,5,8-17H2,1-2H3. The zero-order valence-electron chi connectivity index (χ0n) is 18.3. The zero-order valence-corrected chi connectivity index (χ0v) is 19.2. The first-order valence-corrected chi connectivity index (χ1v) is 12.2. The molecule has 2 aromatic rings. The molecule has 0 radical (unpaired) electrons. The fourth-order valence-electron chi connectivity index (χ4n) is 4.68. The highest BCUT2D eigenvalue weighted by atomic mass is 32.1. The van der Waals surface area contributed by atoms with Crippen LogP contribution >= 0.6 is 11.3 Å². The van der Waals surface area contributed by atoms with Crippen LogP contribution in [-0.4, -0.2) is 64.9 Å². The molecule has 5 nitrogen and oxygen atoms in total. The molecule has 0 unspecified atom stereocenters. The van der Waals surface area contributed by atoms with Crippen LogP contribution in [0.5, 0.6) is 0 Å². The van der Waals surface area contributed by atoms with Crippen LogP contribution in [0, 0.1) is 19.8 Å². The Morgan fingerprint density at radius 1 is 1.00 bits per heavy atom. The topological polar surface area (TPSA) is 39.7 Å². The summed E-state index contributed by atoms with van der Waals surface area (Å²) in [6.07, 6.45) is 3.02. The van der Waals surface area contributed by atoms with Gasteiger partial charge in [0.05, 0.1) is 10.7 Å². The van der Waals surface area contributed by atoms with Crippen LogP contribution in [0.15, 0.2) is 29.6 Å². The molecule has 30 heavy (non-hydrogen) atoms. The molecule has 2 aliphatic heterocycles. The number of thiazole rings is 1. The van der Waals surface area contributed by atoms with Gasteiger partial charge in [-0.15, -0.1) is 11.3 Å². The van der Waals surface area contributed by atoms with Crippen molar-refractivity contribution in [2.75, 3.05) is 39.3 Å². The predicted octanol–water partition coefficient (Wildman–Crippen LogP) is 3.71. The van der Waals surface area contributed by atoms with Crippen LogP contribution in [0.4, 0.5) is 0 Å². The van der Waals surface area contributed by atoms with E-state index in [-0.39, 0.29) is 5.92 Å². The molecule has 2 saturated heterocycles. The number of nitrogens with zero attached hydrogens (tertiary/aromatic N) is 4. The van der Waals surface area contributed by atoms with Gasteiger partial charge in [0.1, 0.15) is 0 Å². The first-order chi connectivity index (χ1) is 14.6. The van der Waals surface area contributed by atoms with E-state index in [2.05, 4.69) is 63.2 Å². The summed E-state index contributed by atoms with van der Waals surface area (Å²) in [5, 5.41) is 3.29. The molecule has 1 aromatic carbocycles. The lowest BCUT2D eigenvalue weighted by Gasteiger charge is -2.33. The third kappa shape index (κ3) is 5.48. The van der Waals surface area contributed by atoms with Crippen molar-refractivity contribution in [3.05, 3.63) is 51.5 Å². The fourth-order valence-corrected chi connectivity index (χ4v) is 5.29. The van der Waals surface area contributed by atoms with Gasteiger partial charge in [-0.05, 0) is 57.3 Å². The highest BCUT2D eigenvalue weighted by Crippen LogP contribution is 2.23. The number of hydrogen-bond acceptors (Lipinski definition) is 5. The normalized spacial score (nSPS) is 19.7. The molecular formula is C24H34N4OS. The Balaban J connectivity index is 1.24. The summed E-state index contributed by atoms with van der Waals surface area (Å²) in [5.74, 6) is 0.582. The van der Waals surface area contributed by atoms with E-state index in [9.17, 15) is 4.79 Å². The average molecular weight is 427 g/mol. The summed E-state index contributed by atoms with van der Waals surface area (Å²) in [6, 6.07) is 8.64. The minimum atomic E-state index is 0.196. The Labute approximate surface area is 184 Å². The second-order valence-electron chi connectivity index (χ2n) is 8.79. The molecule has 1 amide bonds. The van der Waals surface area contributed by atoms with E-state index in [1.807, 2.05) is 0 Å². The van der Waals surface area contributed by atoms with Crippen molar-refractivity contribution < 1.29 is 4.79 Å². The van der Waals surface area contributed by atoms with Crippen molar-refractivity contribution in [3.8, 4) is 0 Å². The van der Waals surface area contributed by atoms with Crippen molar-refractivity contribution in [3.63, 3.8) is 0 Å². The summed E-state index contributed by atoms with van der Waals surface area (Å²) >= 11 is 1.72. The molecule has 0 atom stereocenters. The number of rotatable bonds is 5. The van der Waals surface area contributed by atoms with Gasteiger partial charge in [-0.2, -0.15) is 0 Å². The molecule has 2 fully saturated rings. The molecule has 2 aliphatic rings. The van der Waals surface area contributed by atoms with E-state index in [0.717, 1.165) is 76.6 Å². The number of aromatic nitrogens is 1. The quantitative estimate of drug-likeness (QED) is 0.731. The maximum Gasteiger partial charge on any atom is 0.225 e. The van der Waals surface area contributed by atoms with Gasteiger partial charge in [0.15, 0.2) is 0 Å². The van der Waals surface area contributed by atoms with Crippen LogP contribution in [0.1, 0.15) is 41.1 Å². The van der Waals surface area contributed by atoms with Crippen LogP contribution in [0.25, 0.3) is 0 Å². The maximum absolute atomic E-state index is 13.2. The van der Waals surface area contributed by atoms with E-state index < -0.39 is 0 Å². The predicted molar refractivity (Wildman–Crippen MR) is 123 cm³/mol. The number of carbonyl (C=O) groups excluding carboxylic acids is 1. The Hall–Kier alpha value is -1.76. The molecule has 1 aromatic heterocycles. The highest BCUT2D eigenvalue weighted by Gasteiger charge is 2.29. The van der Waals surface area contributed by atoms with E-state index in [1.165, 1.54) is 16.8 Å². The van der Waals surface area contributed by atoms with Crippen molar-refractivity contribution in [1.29, 1.82) is 0 Å². The van der Waals surface area contributed by atoms with Crippen molar-refractivity contribution >= 4 is 17.2 Å². The average Bonchev–Trinajstić information content (AvgIpc) is 3.02. The smallest absolute Gasteiger partial charge is 0.225 e. The Morgan fingerprint density at radius 2 is 1.77 bits per heavy atom. The third-order valence-electron chi connectivity index (χ3n) is 6.54. The lowest BCUT2D eigenvalue weighted by Crippen LogP contribution is -2.43. The minimum Gasteiger partial charge on any atom is -0.341 e. The molecule has 162 valence electrons. The van der Waals surface area contributed by atoms with Gasteiger partial charge in [-0.25, -0.2) is 4.98 Å². The van der Waals surface area contributed by atoms with Gasteiger partial charge in [-0.1, -0.05) is 24.3 Å². The second-order valence-corrected chi connectivity index (χ2v) is 9.85. The van der Waals surface area contributed by atoms with E-state index in [0.29, 0.717) is 5.91 Å². The fraction of sp³-hybridized carbons (Fsp3) is 0.583. The number of amides is 1. The largest absolute Gasteiger partial charge is 0.341 e. The summed E-state index contributed by atoms with van der Waals surface area (Å²) in [7, 11) is 0. The lowest BCUT2D eigenvalue weighted by molar-refractivity contribution is -0.137. The number of benzene rings is 1. The Bertz CT molecular complexity index is 843. The Kier molecular flexibility index (Phi) is 7.18. The van der Waals surface area contributed by atoms with Crippen LogP contribution < -0.4 is 0 Å². The van der Waals surface area contributed by atoms with E-state index >= 15 is 0 Å². The summed E-state index contributed by atoms with van der Waals surface area (Å²) < 4.78 is 0. The number of hydrogen-bond donors (Lipinski definition) is 0. The zero-order chi connectivity index (χ0) is 20.9. The molecule has 0 saturated carbocycles. The number of aryl methyl sites for hydroxylation is 2. The van der Waals surface area contributed by atoms with Gasteiger partial charge in [0.25, 0.3) is 0 Å². The van der Waals surface area contributed by atoms with Gasteiger partial charge in [0, 0.05) is 50.6 Å². The molecule has 0 bridgehead atoms. The minimum absolute atomic E-state index is 0.196. The molecule has 6 heteroatoms. The van der Waals surface area contributed by atoms with Crippen LogP contribution in [0.3, 0.4) is 0 Å². The van der Waals surface area contributed by atoms with E-state index in [1.54, 1.807) is 11.3 Å². The summed E-state index contributed by atoms with van der Waals surface area (Å²) in [5.41, 5.74) is 3.93. The van der Waals surface area contributed by atoms with Crippen molar-refractivity contribution in [2.24, 2.45) is 5.92 Å². The van der Waals surface area contributed by atoms with Gasteiger partial charge >= 0.3 is 0 Å². The number of piperidine rings is 1. The molecule has 0 aliphatic carbocycles. The lowest BCUT2D eigenvalue weighted by atomic mass is 9.95. The second kappa shape index (κ2) is 10.0. The first kappa shape index (κ1) is 21.5. The molecule has 0 spiro atoms. The first-order valence-electron chi connectivity index (χ1n) is 11.3. The van der Waals surface area contributed by atoms with Crippen LogP contribution in [-0.2, 0) is 17.9 Å². The van der Waals surface area contributed by atoms with Gasteiger partial charge in [-0.3, -0.25) is 14.6 Å². The SMILES string of the molecule is Cc1nc(CN2CCC(C(=O)N3CCCN(Cc4ccccc4C)CC3)CC2)cs1. The number of likely N-dealkylation sites (tertiary alicyclic amines) is 1. The molecule has 3 heterocycles. The summed E-state index contributed by atoms with van der Waals surface area (Å²) in [6.45, 7) is 12.0. The summed E-state index contributed by atoms with van der Waals surface area (Å²) in [4.78, 5) is 24.9. The molecule has 0 N–H and O–H groups in total. The molecule has 4 rings (SSSR count). The monoisotopic (exact) mass is 426 g/mol. The van der Waals surface area contributed by atoms with Gasteiger partial charge in [0.2, 0.25) is 5.91 Å². The van der Waals surface area contributed by atoms with Gasteiger partial charge < -0.3 is 4.90 Å². The Morgan fingerprint density at radius 3 is 2.50 bits per heavy atom. The van der Waals surface area contributed by atoms with Crippen molar-refractivity contribution in [2.45, 2.75) is 46.2 Å². The maximum atomic E-state index is 13.2. The highest BCUT2D eigenvalue weighted by molar-refractivity contribution is 7.09. The third-order valence-corrected chi connectivity index (χ3v) is 7.37. The molecular weight excluding hydrogens is 392 g/mol. The number of carbonyl (C=O) groups is 1. The van der Waals surface area contributed by atoms with E-state index in [4.69, 9.17) is 0 Å². The van der Waals surface area contributed by atoms with Crippen molar-refractivity contribution in [1.82, 2.24) is 19.7 Å².